The number of anilines is 1. The van der Waals surface area contributed by atoms with E-state index in [2.05, 4.69) is 6.92 Å². The molecule has 0 aromatic heterocycles. The van der Waals surface area contributed by atoms with Crippen molar-refractivity contribution in [3.05, 3.63) is 29.8 Å². The predicted octanol–water partition coefficient (Wildman–Crippen LogP) is 3.25. The third-order valence-corrected chi connectivity index (χ3v) is 2.84. The molecule has 0 fully saturated rings. The topological polar surface area (TPSA) is 66.8 Å². The van der Waals surface area contributed by atoms with Crippen LogP contribution < -0.4 is 4.90 Å². The van der Waals surface area contributed by atoms with Crippen molar-refractivity contribution in [2.24, 2.45) is 0 Å². The number of carboxylic acid groups (broad SMARTS) is 1. The lowest BCUT2D eigenvalue weighted by molar-refractivity contribution is -0.135. The van der Waals surface area contributed by atoms with Crippen LogP contribution in [0.5, 0.6) is 0 Å². The smallest absolute Gasteiger partial charge is 0.404 e. The Bertz CT molecular complexity index is 464. The van der Waals surface area contributed by atoms with Crippen molar-refractivity contribution in [1.82, 2.24) is 0 Å². The van der Waals surface area contributed by atoms with Crippen LogP contribution in [0.15, 0.2) is 24.3 Å². The number of ether oxygens (including phenoxy) is 1. The van der Waals surface area contributed by atoms with Gasteiger partial charge >= 0.3 is 11.4 Å². The molecule has 0 saturated carbocycles. The van der Waals surface area contributed by atoms with E-state index in [1.165, 1.54) is 0 Å². The van der Waals surface area contributed by atoms with Crippen LogP contribution in [0.2, 0.25) is 0 Å². The molecule has 6 heteroatoms. The lowest BCUT2D eigenvalue weighted by atomic mass is 10.2. The van der Waals surface area contributed by atoms with Gasteiger partial charge in [-0.3, -0.25) is 4.79 Å². The van der Waals surface area contributed by atoms with Gasteiger partial charge in [0.1, 0.15) is 13.2 Å². The summed E-state index contributed by atoms with van der Waals surface area (Å²) in [6.07, 6.45) is 1.90. The zero-order valence-corrected chi connectivity index (χ0v) is 12.1. The zero-order valence-electron chi connectivity index (χ0n) is 11.3. The predicted molar refractivity (Wildman–Crippen MR) is 77.2 cm³/mol. The van der Waals surface area contributed by atoms with Crippen LogP contribution in [0.4, 0.5) is 10.5 Å². The number of hydrogen-bond acceptors (Lipinski definition) is 4. The highest BCUT2D eigenvalue weighted by molar-refractivity contribution is 6.61. The molecule has 110 valence electrons. The molecule has 0 aliphatic heterocycles. The summed E-state index contributed by atoms with van der Waals surface area (Å²) in [6.45, 7) is 2.74. The highest BCUT2D eigenvalue weighted by Gasteiger charge is 2.11. The van der Waals surface area contributed by atoms with E-state index in [1.54, 1.807) is 23.1 Å². The molecular weight excluding hydrogens is 282 g/mol. The Labute approximate surface area is 123 Å². The number of carbonyl (C=O) groups excluding carboxylic acids is 1. The summed E-state index contributed by atoms with van der Waals surface area (Å²) < 4.78 is 4.72. The number of benzene rings is 1. The molecule has 0 bridgehead atoms. The largest absolute Gasteiger partial charge is 0.480 e. The third kappa shape index (κ3) is 5.93. The minimum absolute atomic E-state index is 0.0568. The summed E-state index contributed by atoms with van der Waals surface area (Å²) in [5, 5.41) is 8.96. The standard InChI is InChI=1S/C14H18ClNO4/c1-2-3-7-16(9-13(17)18)12-6-4-5-11(8-12)10-20-14(15)19/h4-6,8H,2-3,7,9-10H2,1H3,(H,17,18). The van der Waals surface area contributed by atoms with Gasteiger partial charge in [-0.15, -0.1) is 0 Å². The average Bonchev–Trinajstić information content (AvgIpc) is 2.41. The summed E-state index contributed by atoms with van der Waals surface area (Å²) in [6, 6.07) is 7.23. The summed E-state index contributed by atoms with van der Waals surface area (Å²) in [4.78, 5) is 23.3. The van der Waals surface area contributed by atoms with Gasteiger partial charge in [-0.25, -0.2) is 4.79 Å². The Hall–Kier alpha value is -1.75. The van der Waals surface area contributed by atoms with Gasteiger partial charge in [0.2, 0.25) is 0 Å². The first kappa shape index (κ1) is 16.3. The summed E-state index contributed by atoms with van der Waals surface area (Å²) in [5.74, 6) is -0.876. The molecule has 0 unspecified atom stereocenters. The van der Waals surface area contributed by atoms with Gasteiger partial charge in [0.15, 0.2) is 0 Å². The normalized spacial score (nSPS) is 10.1. The molecule has 0 heterocycles. The molecule has 1 rings (SSSR count). The Kier molecular flexibility index (Phi) is 6.87. The van der Waals surface area contributed by atoms with E-state index in [0.29, 0.717) is 6.54 Å². The number of unbranched alkanes of at least 4 members (excludes halogenated alkanes) is 1. The van der Waals surface area contributed by atoms with E-state index < -0.39 is 11.4 Å². The van der Waals surface area contributed by atoms with Crippen molar-refractivity contribution >= 4 is 28.7 Å². The summed E-state index contributed by atoms with van der Waals surface area (Å²) >= 11 is 5.12. The van der Waals surface area contributed by atoms with Crippen molar-refractivity contribution in [2.75, 3.05) is 18.0 Å². The minimum Gasteiger partial charge on any atom is -0.480 e. The van der Waals surface area contributed by atoms with Crippen LogP contribution in [-0.4, -0.2) is 29.6 Å². The Morgan fingerprint density at radius 2 is 2.15 bits per heavy atom. The molecule has 0 aliphatic carbocycles. The number of nitrogens with zero attached hydrogens (tertiary/aromatic N) is 1. The maximum atomic E-state index is 10.9. The fourth-order valence-corrected chi connectivity index (χ4v) is 1.85. The van der Waals surface area contributed by atoms with Crippen molar-refractivity contribution in [3.63, 3.8) is 0 Å². The quantitative estimate of drug-likeness (QED) is 0.746. The first-order valence-electron chi connectivity index (χ1n) is 6.41. The van der Waals surface area contributed by atoms with Gasteiger partial charge < -0.3 is 14.7 Å². The lowest BCUT2D eigenvalue weighted by Crippen LogP contribution is -2.30. The molecule has 20 heavy (non-hydrogen) atoms. The van der Waals surface area contributed by atoms with E-state index in [1.807, 2.05) is 6.07 Å². The van der Waals surface area contributed by atoms with Gasteiger partial charge in [0.05, 0.1) is 0 Å². The fourth-order valence-electron chi connectivity index (χ4n) is 1.79. The van der Waals surface area contributed by atoms with Gasteiger partial charge in [-0.1, -0.05) is 25.5 Å². The van der Waals surface area contributed by atoms with Crippen molar-refractivity contribution in [3.8, 4) is 0 Å². The first-order chi connectivity index (χ1) is 9.52. The number of hydrogen-bond donors (Lipinski definition) is 1. The van der Waals surface area contributed by atoms with E-state index in [4.69, 9.17) is 21.4 Å². The van der Waals surface area contributed by atoms with Crippen molar-refractivity contribution in [2.45, 2.75) is 26.4 Å². The number of aliphatic carboxylic acids is 1. The second-order valence-corrected chi connectivity index (χ2v) is 4.67. The Morgan fingerprint density at radius 3 is 2.75 bits per heavy atom. The van der Waals surface area contributed by atoms with Crippen LogP contribution in [0.1, 0.15) is 25.3 Å². The van der Waals surface area contributed by atoms with E-state index >= 15 is 0 Å². The number of halogens is 1. The van der Waals surface area contributed by atoms with Gasteiger partial charge in [-0.05, 0) is 24.1 Å². The molecule has 1 aromatic carbocycles. The maximum absolute atomic E-state index is 10.9. The molecule has 0 spiro atoms. The third-order valence-electron chi connectivity index (χ3n) is 2.74. The maximum Gasteiger partial charge on any atom is 0.404 e. The molecule has 0 aliphatic rings. The van der Waals surface area contributed by atoms with Crippen LogP contribution in [-0.2, 0) is 16.1 Å². The molecule has 0 atom stereocenters. The van der Waals surface area contributed by atoms with Gasteiger partial charge in [0.25, 0.3) is 0 Å². The SMILES string of the molecule is CCCCN(CC(=O)O)c1cccc(COC(=O)Cl)c1. The highest BCUT2D eigenvalue weighted by Crippen LogP contribution is 2.18. The molecule has 0 saturated heterocycles. The molecule has 1 N–H and O–H groups in total. The fraction of sp³-hybridized carbons (Fsp3) is 0.429. The average molecular weight is 300 g/mol. The first-order valence-corrected chi connectivity index (χ1v) is 6.78. The minimum atomic E-state index is -0.876. The van der Waals surface area contributed by atoms with Crippen LogP contribution in [0.25, 0.3) is 0 Å². The lowest BCUT2D eigenvalue weighted by Gasteiger charge is -2.23. The van der Waals surface area contributed by atoms with Crippen LogP contribution in [0.3, 0.4) is 0 Å². The highest BCUT2D eigenvalue weighted by atomic mass is 35.5. The molecular formula is C14H18ClNO4. The molecule has 5 nitrogen and oxygen atoms in total. The van der Waals surface area contributed by atoms with Crippen LogP contribution >= 0.6 is 11.6 Å². The van der Waals surface area contributed by atoms with Crippen molar-refractivity contribution in [1.29, 1.82) is 0 Å². The monoisotopic (exact) mass is 299 g/mol. The van der Waals surface area contributed by atoms with E-state index in [-0.39, 0.29) is 13.2 Å². The summed E-state index contributed by atoms with van der Waals surface area (Å²) in [5.41, 5.74) is 0.705. The second-order valence-electron chi connectivity index (χ2n) is 4.37. The number of carboxylic acids is 1. The number of rotatable bonds is 8. The Morgan fingerprint density at radius 1 is 1.40 bits per heavy atom. The van der Waals surface area contributed by atoms with Crippen molar-refractivity contribution < 1.29 is 19.4 Å². The Balaban J connectivity index is 2.80. The number of carbonyl (C=O) groups is 2. The zero-order chi connectivity index (χ0) is 15.0. The van der Waals surface area contributed by atoms with Crippen LogP contribution in [0, 0.1) is 0 Å². The van der Waals surface area contributed by atoms with Gasteiger partial charge in [0, 0.05) is 23.8 Å². The second kappa shape index (κ2) is 8.43. The molecule has 1 aromatic rings. The molecule has 0 amide bonds. The van der Waals surface area contributed by atoms with E-state index in [0.717, 1.165) is 24.1 Å². The summed E-state index contributed by atoms with van der Waals surface area (Å²) in [7, 11) is 0. The molecule has 0 radical (unpaired) electrons. The van der Waals surface area contributed by atoms with Gasteiger partial charge in [-0.2, -0.15) is 0 Å². The van der Waals surface area contributed by atoms with E-state index in [9.17, 15) is 9.59 Å².